The zero-order chi connectivity index (χ0) is 21.1. The Morgan fingerprint density at radius 2 is 1.62 bits per heavy atom. The number of amides is 3. The fourth-order valence-corrected chi connectivity index (χ4v) is 3.38. The molecule has 1 unspecified atom stereocenters. The van der Waals surface area contributed by atoms with Crippen LogP contribution in [-0.2, 0) is 9.59 Å². The first-order valence-corrected chi connectivity index (χ1v) is 9.83. The van der Waals surface area contributed by atoms with Gasteiger partial charge in [-0.3, -0.25) is 14.4 Å². The predicted molar refractivity (Wildman–Crippen MR) is 114 cm³/mol. The molecule has 3 rings (SSSR count). The van der Waals surface area contributed by atoms with E-state index >= 15 is 0 Å². The minimum Gasteiger partial charge on any atom is -0.339 e. The number of carbonyl (C=O) groups is 3. The molecule has 6 heteroatoms. The summed E-state index contributed by atoms with van der Waals surface area (Å²) in [5.41, 5.74) is 4.14. The molecule has 1 fully saturated rings. The maximum Gasteiger partial charge on any atom is 0.255 e. The van der Waals surface area contributed by atoms with Gasteiger partial charge >= 0.3 is 0 Å². The lowest BCUT2D eigenvalue weighted by molar-refractivity contribution is -0.129. The Balaban J connectivity index is 1.59. The van der Waals surface area contributed by atoms with E-state index in [1.54, 1.807) is 29.2 Å². The van der Waals surface area contributed by atoms with Crippen molar-refractivity contribution in [2.45, 2.75) is 40.2 Å². The second kappa shape index (κ2) is 8.47. The van der Waals surface area contributed by atoms with Crippen molar-refractivity contribution in [3.05, 3.63) is 59.2 Å². The molecular formula is C23H27N3O3. The van der Waals surface area contributed by atoms with Crippen LogP contribution in [-0.4, -0.2) is 35.2 Å². The number of nitrogens with zero attached hydrogens (tertiary/aromatic N) is 1. The molecule has 1 aliphatic rings. The van der Waals surface area contributed by atoms with Crippen LogP contribution in [0.25, 0.3) is 0 Å². The van der Waals surface area contributed by atoms with Crippen molar-refractivity contribution >= 4 is 29.1 Å². The smallest absolute Gasteiger partial charge is 0.255 e. The number of benzene rings is 2. The summed E-state index contributed by atoms with van der Waals surface area (Å²) in [6.45, 7) is 8.36. The number of hydrogen-bond donors (Lipinski definition) is 2. The van der Waals surface area contributed by atoms with Gasteiger partial charge < -0.3 is 15.5 Å². The van der Waals surface area contributed by atoms with Gasteiger partial charge in [0, 0.05) is 35.9 Å². The van der Waals surface area contributed by atoms with E-state index in [9.17, 15) is 14.4 Å². The lowest BCUT2D eigenvalue weighted by atomic mass is 10.1. The van der Waals surface area contributed by atoms with E-state index in [2.05, 4.69) is 10.6 Å². The second-order valence-corrected chi connectivity index (χ2v) is 7.86. The molecule has 0 aromatic heterocycles. The quantitative estimate of drug-likeness (QED) is 0.812. The third-order valence-electron chi connectivity index (χ3n) is 5.33. The summed E-state index contributed by atoms with van der Waals surface area (Å²) in [6, 6.07) is 12.6. The van der Waals surface area contributed by atoms with Gasteiger partial charge in [-0.15, -0.1) is 0 Å². The van der Waals surface area contributed by atoms with Gasteiger partial charge in [-0.2, -0.15) is 0 Å². The Morgan fingerprint density at radius 1 is 0.966 bits per heavy atom. The molecule has 0 bridgehead atoms. The third kappa shape index (κ3) is 4.83. The molecule has 0 spiro atoms. The number of nitrogens with one attached hydrogen (secondary N) is 2. The second-order valence-electron chi connectivity index (χ2n) is 7.86. The molecule has 29 heavy (non-hydrogen) atoms. The van der Waals surface area contributed by atoms with Crippen LogP contribution in [0.1, 0.15) is 41.8 Å². The molecule has 1 saturated heterocycles. The summed E-state index contributed by atoms with van der Waals surface area (Å²) in [5, 5.41) is 5.73. The number of carbonyl (C=O) groups excluding carboxylic acids is 3. The molecule has 0 saturated carbocycles. The molecular weight excluding hydrogens is 366 g/mol. The van der Waals surface area contributed by atoms with Gasteiger partial charge in [-0.25, -0.2) is 0 Å². The van der Waals surface area contributed by atoms with Crippen molar-refractivity contribution in [1.82, 2.24) is 4.90 Å². The Labute approximate surface area is 171 Å². The Kier molecular flexibility index (Phi) is 6.01. The number of anilines is 2. The predicted octanol–water partition coefficient (Wildman–Crippen LogP) is 3.75. The van der Waals surface area contributed by atoms with E-state index in [1.807, 2.05) is 45.9 Å². The van der Waals surface area contributed by atoms with E-state index < -0.39 is 0 Å². The molecule has 1 heterocycles. The lowest BCUT2D eigenvalue weighted by Crippen LogP contribution is -2.33. The highest BCUT2D eigenvalue weighted by atomic mass is 16.2. The van der Waals surface area contributed by atoms with Gasteiger partial charge in [-0.1, -0.05) is 6.07 Å². The van der Waals surface area contributed by atoms with Crippen molar-refractivity contribution in [2.24, 2.45) is 5.92 Å². The third-order valence-corrected chi connectivity index (χ3v) is 5.33. The average molecular weight is 393 g/mol. The summed E-state index contributed by atoms with van der Waals surface area (Å²) in [6.07, 6.45) is 0.237. The summed E-state index contributed by atoms with van der Waals surface area (Å²) in [5.74, 6) is -0.718. The molecule has 6 nitrogen and oxygen atoms in total. The van der Waals surface area contributed by atoms with Gasteiger partial charge in [0.05, 0.1) is 5.92 Å². The van der Waals surface area contributed by atoms with Gasteiger partial charge in [0.2, 0.25) is 11.8 Å². The fraction of sp³-hybridized carbons (Fsp3) is 0.348. The van der Waals surface area contributed by atoms with Gasteiger partial charge in [0.15, 0.2) is 0 Å². The molecule has 0 aliphatic carbocycles. The van der Waals surface area contributed by atoms with E-state index in [0.717, 1.165) is 11.3 Å². The fourth-order valence-electron chi connectivity index (χ4n) is 3.38. The Hall–Kier alpha value is -3.15. The van der Waals surface area contributed by atoms with Crippen molar-refractivity contribution in [1.29, 1.82) is 0 Å². The number of likely N-dealkylation sites (tertiary alicyclic amines) is 1. The highest BCUT2D eigenvalue weighted by Gasteiger charge is 2.35. The highest BCUT2D eigenvalue weighted by Crippen LogP contribution is 2.22. The van der Waals surface area contributed by atoms with E-state index in [0.29, 0.717) is 17.8 Å². The van der Waals surface area contributed by atoms with Crippen molar-refractivity contribution < 1.29 is 14.4 Å². The number of aryl methyl sites for hydroxylation is 2. The first-order chi connectivity index (χ1) is 13.7. The molecule has 1 aliphatic heterocycles. The van der Waals surface area contributed by atoms with Crippen LogP contribution >= 0.6 is 0 Å². The number of rotatable bonds is 5. The topological polar surface area (TPSA) is 78.5 Å². The van der Waals surface area contributed by atoms with Crippen molar-refractivity contribution in [3.63, 3.8) is 0 Å². The SMILES string of the molecule is Cc1ccc(NC(=O)c2ccc(NC(=O)C3CC(=O)N(C(C)C)C3)cc2)cc1C. The first-order valence-electron chi connectivity index (χ1n) is 9.83. The normalized spacial score (nSPS) is 16.2. The van der Waals surface area contributed by atoms with Crippen LogP contribution in [0.15, 0.2) is 42.5 Å². The minimum atomic E-state index is -0.349. The largest absolute Gasteiger partial charge is 0.339 e. The summed E-state index contributed by atoms with van der Waals surface area (Å²) < 4.78 is 0. The molecule has 2 aromatic rings. The van der Waals surface area contributed by atoms with E-state index in [1.165, 1.54) is 5.56 Å². The van der Waals surface area contributed by atoms with Gasteiger partial charge in [-0.05, 0) is 75.2 Å². The molecule has 2 aromatic carbocycles. The van der Waals surface area contributed by atoms with E-state index in [4.69, 9.17) is 0 Å². The first kappa shape index (κ1) is 20.6. The Bertz CT molecular complexity index is 935. The van der Waals surface area contributed by atoms with Gasteiger partial charge in [0.1, 0.15) is 0 Å². The summed E-state index contributed by atoms with van der Waals surface area (Å²) in [7, 11) is 0. The van der Waals surface area contributed by atoms with Gasteiger partial charge in [0.25, 0.3) is 5.91 Å². The van der Waals surface area contributed by atoms with Crippen LogP contribution in [0.3, 0.4) is 0 Å². The molecule has 3 amide bonds. The maximum atomic E-state index is 12.5. The average Bonchev–Trinajstić information content (AvgIpc) is 3.07. The minimum absolute atomic E-state index is 0.0125. The van der Waals surface area contributed by atoms with Crippen LogP contribution in [0.5, 0.6) is 0 Å². The van der Waals surface area contributed by atoms with E-state index in [-0.39, 0.29) is 36.1 Å². The molecule has 2 N–H and O–H groups in total. The van der Waals surface area contributed by atoms with Crippen LogP contribution in [0, 0.1) is 19.8 Å². The standard InChI is InChI=1S/C23H27N3O3/c1-14(2)26-13-18(12-21(26)27)23(29)24-19-9-6-17(7-10-19)22(28)25-20-8-5-15(3)16(4)11-20/h5-11,14,18H,12-13H2,1-4H3,(H,24,29)(H,25,28). The molecule has 0 radical (unpaired) electrons. The summed E-state index contributed by atoms with van der Waals surface area (Å²) >= 11 is 0. The van der Waals surface area contributed by atoms with Crippen molar-refractivity contribution in [3.8, 4) is 0 Å². The monoisotopic (exact) mass is 393 g/mol. The van der Waals surface area contributed by atoms with Crippen LogP contribution in [0.4, 0.5) is 11.4 Å². The van der Waals surface area contributed by atoms with Crippen LogP contribution in [0.2, 0.25) is 0 Å². The summed E-state index contributed by atoms with van der Waals surface area (Å²) in [4.78, 5) is 38.6. The van der Waals surface area contributed by atoms with Crippen molar-refractivity contribution in [2.75, 3.05) is 17.2 Å². The molecule has 1 atom stereocenters. The van der Waals surface area contributed by atoms with Crippen LogP contribution < -0.4 is 10.6 Å². The Morgan fingerprint density at radius 3 is 2.21 bits per heavy atom. The molecule has 152 valence electrons. The lowest BCUT2D eigenvalue weighted by Gasteiger charge is -2.20. The number of hydrogen-bond acceptors (Lipinski definition) is 3. The highest BCUT2D eigenvalue weighted by molar-refractivity contribution is 6.05. The maximum absolute atomic E-state index is 12.5. The zero-order valence-electron chi connectivity index (χ0n) is 17.3. The zero-order valence-corrected chi connectivity index (χ0v) is 17.3.